The maximum Gasteiger partial charge on any atom is 0.00585 e. The molecule has 0 bridgehead atoms. The summed E-state index contributed by atoms with van der Waals surface area (Å²) in [5.41, 5.74) is 0. The fourth-order valence-corrected chi connectivity index (χ4v) is 5.10. The van der Waals surface area contributed by atoms with Crippen molar-refractivity contribution in [2.75, 3.05) is 12.5 Å². The first-order chi connectivity index (χ1) is 5.94. The zero-order valence-corrected chi connectivity index (χ0v) is 12.1. The molecule has 0 heterocycles. The third-order valence-electron chi connectivity index (χ3n) is 2.30. The molecule has 13 heavy (non-hydrogen) atoms. The van der Waals surface area contributed by atoms with Gasteiger partial charge in [0.2, 0.25) is 0 Å². The van der Waals surface area contributed by atoms with Crippen molar-refractivity contribution in [2.45, 2.75) is 45.3 Å². The Labute approximate surface area is 94.2 Å². The van der Waals surface area contributed by atoms with Gasteiger partial charge in [-0.1, -0.05) is 27.2 Å². The highest BCUT2D eigenvalue weighted by Gasteiger charge is 2.24. The van der Waals surface area contributed by atoms with Crippen LogP contribution in [-0.2, 0) is 0 Å². The van der Waals surface area contributed by atoms with Crippen molar-refractivity contribution >= 4 is 30.5 Å². The predicted octanol–water partition coefficient (Wildman–Crippen LogP) is 4.76. The predicted molar refractivity (Wildman–Crippen MR) is 74.2 cm³/mol. The molecule has 0 rings (SSSR count). The van der Waals surface area contributed by atoms with E-state index in [-0.39, 0.29) is 0 Å². The first-order valence-electron chi connectivity index (χ1n) is 4.99. The van der Waals surface area contributed by atoms with Crippen molar-refractivity contribution in [3.8, 4) is 0 Å². The van der Waals surface area contributed by atoms with Gasteiger partial charge in [0.05, 0.1) is 0 Å². The minimum absolute atomic E-state index is 0.706. The van der Waals surface area contributed by atoms with E-state index in [1.807, 2.05) is 10.8 Å². The topological polar surface area (TPSA) is 0 Å². The molecular weight excluding hydrogens is 216 g/mol. The van der Waals surface area contributed by atoms with Crippen LogP contribution in [0.2, 0.25) is 0 Å². The zero-order chi connectivity index (χ0) is 10.5. The zero-order valence-electron chi connectivity index (χ0n) is 9.54. The van der Waals surface area contributed by atoms with Gasteiger partial charge in [-0.15, -0.1) is 30.5 Å². The van der Waals surface area contributed by atoms with E-state index in [9.17, 15) is 0 Å². The molecule has 0 saturated heterocycles. The molecule has 2 atom stereocenters. The van der Waals surface area contributed by atoms with Crippen LogP contribution in [-0.4, -0.2) is 17.8 Å². The number of rotatable bonds is 6. The van der Waals surface area contributed by atoms with Crippen molar-refractivity contribution in [3.63, 3.8) is 0 Å². The van der Waals surface area contributed by atoms with Gasteiger partial charge in [0.25, 0.3) is 0 Å². The Bertz CT molecular complexity index is 132. The van der Waals surface area contributed by atoms with E-state index in [0.29, 0.717) is 0 Å². The minimum atomic E-state index is -0.706. The Morgan fingerprint density at radius 1 is 1.38 bits per heavy atom. The molecule has 0 aromatic rings. The maximum absolute atomic E-state index is 4.84. The van der Waals surface area contributed by atoms with Gasteiger partial charge in [-0.3, -0.25) is 0 Å². The molecule has 0 radical (unpaired) electrons. The van der Waals surface area contributed by atoms with E-state index in [4.69, 9.17) is 11.7 Å². The third kappa shape index (κ3) is 5.48. The molecule has 0 spiro atoms. The van der Waals surface area contributed by atoms with Crippen molar-refractivity contribution in [3.05, 3.63) is 0 Å². The van der Waals surface area contributed by atoms with Gasteiger partial charge in [-0.05, 0) is 31.3 Å². The van der Waals surface area contributed by atoms with E-state index < -0.39 is 8.09 Å². The molecule has 0 aromatic carbocycles. The highest BCUT2D eigenvalue weighted by molar-refractivity contribution is 9.21. The monoisotopic (exact) mass is 240 g/mol. The Kier molecular flexibility index (Phi) is 7.04. The fourth-order valence-electron chi connectivity index (χ4n) is 1.50. The average Bonchev–Trinajstić information content (AvgIpc) is 2.03. The molecule has 0 aromatic heterocycles. The molecule has 0 fully saturated rings. The van der Waals surface area contributed by atoms with Crippen LogP contribution in [0.1, 0.15) is 40.0 Å². The fraction of sp³-hybridized carbons (Fsp3) is 1.00. The standard InChI is InChI=1S/C10H24S3/c1-6-7-10(8-9(2)3)13(5,11)12-4/h9-11H,6-8H2,1-5H3. The Morgan fingerprint density at radius 3 is 2.23 bits per heavy atom. The van der Waals surface area contributed by atoms with Gasteiger partial charge < -0.3 is 0 Å². The molecule has 82 valence electrons. The van der Waals surface area contributed by atoms with E-state index in [2.05, 4.69) is 33.3 Å². The second kappa shape index (κ2) is 6.52. The summed E-state index contributed by atoms with van der Waals surface area (Å²) in [6.07, 6.45) is 8.51. The van der Waals surface area contributed by atoms with Crippen molar-refractivity contribution in [2.24, 2.45) is 5.92 Å². The molecular formula is C10H24S3. The van der Waals surface area contributed by atoms with Crippen LogP contribution in [0.25, 0.3) is 0 Å². The summed E-state index contributed by atoms with van der Waals surface area (Å²) in [7, 11) is 1.26. The van der Waals surface area contributed by atoms with Gasteiger partial charge in [-0.2, -0.15) is 0 Å². The van der Waals surface area contributed by atoms with Crippen LogP contribution in [0.3, 0.4) is 0 Å². The van der Waals surface area contributed by atoms with E-state index in [0.717, 1.165) is 11.2 Å². The van der Waals surface area contributed by atoms with Crippen LogP contribution < -0.4 is 0 Å². The largest absolute Gasteiger partial charge is 0.147 e. The number of hydrogen-bond acceptors (Lipinski definition) is 2. The third-order valence-corrected chi connectivity index (χ3v) is 9.72. The van der Waals surface area contributed by atoms with Gasteiger partial charge in [0.15, 0.2) is 0 Å². The van der Waals surface area contributed by atoms with Crippen molar-refractivity contribution < 1.29 is 0 Å². The van der Waals surface area contributed by atoms with Crippen LogP contribution in [0.15, 0.2) is 0 Å². The summed E-state index contributed by atoms with van der Waals surface area (Å²) < 4.78 is 0. The minimum Gasteiger partial charge on any atom is -0.147 e. The lowest BCUT2D eigenvalue weighted by atomic mass is 10.1. The second-order valence-corrected chi connectivity index (χ2v) is 12.9. The van der Waals surface area contributed by atoms with Crippen LogP contribution in [0.5, 0.6) is 0 Å². The normalized spacial score (nSPS) is 21.2. The smallest absolute Gasteiger partial charge is 0.00585 e. The first kappa shape index (κ1) is 14.1. The molecule has 3 heteroatoms. The highest BCUT2D eigenvalue weighted by Crippen LogP contribution is 2.65. The van der Waals surface area contributed by atoms with Crippen molar-refractivity contribution in [1.82, 2.24) is 0 Å². The quantitative estimate of drug-likeness (QED) is 0.516. The summed E-state index contributed by atoms with van der Waals surface area (Å²) in [4.78, 5) is 0. The molecule has 0 aliphatic rings. The lowest BCUT2D eigenvalue weighted by Gasteiger charge is -2.37. The molecule has 0 saturated carbocycles. The Balaban J connectivity index is 4.22. The molecule has 0 aliphatic heterocycles. The van der Waals surface area contributed by atoms with Crippen molar-refractivity contribution in [1.29, 1.82) is 0 Å². The number of thiol groups is 1. The van der Waals surface area contributed by atoms with Gasteiger partial charge >= 0.3 is 0 Å². The summed E-state index contributed by atoms with van der Waals surface area (Å²) in [6.45, 7) is 6.90. The first-order valence-corrected chi connectivity index (χ1v) is 9.89. The van der Waals surface area contributed by atoms with E-state index in [1.165, 1.54) is 19.3 Å². The summed E-state index contributed by atoms with van der Waals surface area (Å²) in [6, 6.07) is 0. The van der Waals surface area contributed by atoms with E-state index >= 15 is 0 Å². The lowest BCUT2D eigenvalue weighted by Crippen LogP contribution is -2.13. The second-order valence-electron chi connectivity index (χ2n) is 4.07. The maximum atomic E-state index is 4.84. The Hall–Kier alpha value is 1.05. The number of hydrogen-bond donors (Lipinski definition) is 1. The molecule has 0 amide bonds. The van der Waals surface area contributed by atoms with Crippen LogP contribution in [0.4, 0.5) is 0 Å². The summed E-state index contributed by atoms with van der Waals surface area (Å²) in [5.74, 6) is 0.808. The SMILES string of the molecule is CCCC(CC(C)C)S(C)(S)SC. The molecule has 0 nitrogen and oxygen atoms in total. The molecule has 0 N–H and O–H groups in total. The van der Waals surface area contributed by atoms with Crippen LogP contribution >= 0.6 is 30.5 Å². The van der Waals surface area contributed by atoms with Gasteiger partial charge in [0, 0.05) is 5.25 Å². The van der Waals surface area contributed by atoms with Gasteiger partial charge in [0.1, 0.15) is 0 Å². The molecule has 2 unspecified atom stereocenters. The summed E-state index contributed by atoms with van der Waals surface area (Å²) in [5, 5.41) is 0.829. The Morgan fingerprint density at radius 2 is 1.92 bits per heavy atom. The highest BCUT2D eigenvalue weighted by atomic mass is 33.5. The molecule has 0 aliphatic carbocycles. The van der Waals surface area contributed by atoms with E-state index in [1.54, 1.807) is 0 Å². The average molecular weight is 241 g/mol. The lowest BCUT2D eigenvalue weighted by molar-refractivity contribution is 0.545. The van der Waals surface area contributed by atoms with Crippen LogP contribution in [0, 0.1) is 5.92 Å². The summed E-state index contributed by atoms with van der Waals surface area (Å²) >= 11 is 4.84. The van der Waals surface area contributed by atoms with Gasteiger partial charge in [-0.25, -0.2) is 0 Å².